The van der Waals surface area contributed by atoms with Crippen LogP contribution in [0.5, 0.6) is 17.2 Å². The number of benzene rings is 3. The van der Waals surface area contributed by atoms with Crippen molar-refractivity contribution >= 4 is 19.9 Å². The molecule has 0 saturated heterocycles. The Kier molecular flexibility index (Phi) is 7.49. The molecule has 0 bridgehead atoms. The van der Waals surface area contributed by atoms with Gasteiger partial charge in [0.15, 0.2) is 17.3 Å². The van der Waals surface area contributed by atoms with Crippen molar-refractivity contribution in [1.82, 2.24) is 0 Å². The molecule has 0 aromatic heterocycles. The lowest BCUT2D eigenvalue weighted by atomic mass is 10.1. The summed E-state index contributed by atoms with van der Waals surface area (Å²) in [5.74, 6) is 4.82. The monoisotopic (exact) mass is 405 g/mol. The Balaban J connectivity index is 1.60. The molecule has 0 amide bonds. The van der Waals surface area contributed by atoms with E-state index in [1.54, 1.807) is 0 Å². The van der Waals surface area contributed by atoms with Crippen LogP contribution < -0.4 is 13.8 Å². The molecule has 3 aromatic carbocycles. The molecule has 3 aromatic rings. The van der Waals surface area contributed by atoms with Crippen LogP contribution in [0.3, 0.4) is 0 Å². The molecule has 0 saturated carbocycles. The summed E-state index contributed by atoms with van der Waals surface area (Å²) in [5.41, 5.74) is 2.21. The average Bonchev–Trinajstić information content (AvgIpc) is 2.74. The molecular weight excluding hydrogens is 379 g/mol. The summed E-state index contributed by atoms with van der Waals surface area (Å²) in [6.07, 6.45) is 1.83. The molecule has 0 heterocycles. The summed E-state index contributed by atoms with van der Waals surface area (Å²) in [6, 6.07) is 25.6. The lowest BCUT2D eigenvalue weighted by molar-refractivity contribution is 0.306. The summed E-state index contributed by atoms with van der Waals surface area (Å²) < 4.78 is 18.0. The minimum Gasteiger partial charge on any atom is -0.489 e. The number of rotatable bonds is 9. The maximum Gasteiger partial charge on any atom is 0.528 e. The van der Waals surface area contributed by atoms with Gasteiger partial charge in [0.2, 0.25) is 0 Å². The van der Waals surface area contributed by atoms with Gasteiger partial charge < -0.3 is 4.74 Å². The fourth-order valence-electron chi connectivity index (χ4n) is 2.53. The van der Waals surface area contributed by atoms with Gasteiger partial charge in [0, 0.05) is 5.92 Å². The van der Waals surface area contributed by atoms with E-state index in [9.17, 15) is 0 Å². The van der Waals surface area contributed by atoms with Crippen LogP contribution in [-0.2, 0) is 6.61 Å². The average molecular weight is 405 g/mol. The van der Waals surface area contributed by atoms with Crippen LogP contribution in [0.2, 0.25) is 0 Å². The summed E-state index contributed by atoms with van der Waals surface area (Å²) in [7, 11) is -1.19. The van der Waals surface area contributed by atoms with E-state index in [4.69, 9.17) is 13.8 Å². The minimum atomic E-state index is -1.19. The van der Waals surface area contributed by atoms with E-state index in [0.717, 1.165) is 28.4 Å². The molecule has 148 valence electrons. The van der Waals surface area contributed by atoms with Gasteiger partial charge in [0.25, 0.3) is 0 Å². The lowest BCUT2D eigenvalue weighted by Gasteiger charge is -2.07. The van der Waals surface area contributed by atoms with Gasteiger partial charge in [-0.3, -0.25) is 9.05 Å². The Labute approximate surface area is 174 Å². The van der Waals surface area contributed by atoms with Crippen molar-refractivity contribution in [2.24, 2.45) is 5.92 Å². The van der Waals surface area contributed by atoms with Gasteiger partial charge in [0.05, 0.1) is 0 Å². The molecule has 0 radical (unpaired) electrons. The maximum atomic E-state index is 6.09. The Morgan fingerprint density at radius 2 is 1.38 bits per heavy atom. The van der Waals surface area contributed by atoms with Crippen LogP contribution in [-0.4, -0.2) is 5.80 Å². The van der Waals surface area contributed by atoms with Crippen molar-refractivity contribution in [3.63, 3.8) is 0 Å². The Hall–Kier alpha value is -3.03. The smallest absolute Gasteiger partial charge is 0.489 e. The molecule has 1 unspecified atom stereocenters. The van der Waals surface area contributed by atoms with Gasteiger partial charge in [-0.15, -0.1) is 0 Å². The van der Waals surface area contributed by atoms with Crippen molar-refractivity contribution in [3.8, 4) is 17.2 Å². The molecule has 4 heteroatoms. The quantitative estimate of drug-likeness (QED) is 0.354. The number of hydrogen-bond donors (Lipinski definition) is 0. The van der Waals surface area contributed by atoms with Crippen molar-refractivity contribution in [3.05, 3.63) is 96.6 Å². The zero-order chi connectivity index (χ0) is 20.5. The van der Waals surface area contributed by atoms with Gasteiger partial charge >= 0.3 is 8.00 Å². The molecule has 0 fully saturated rings. The second kappa shape index (κ2) is 10.5. The molecule has 29 heavy (non-hydrogen) atoms. The molecular formula is C25H26O3P+. The second-order valence-electron chi connectivity index (χ2n) is 6.88. The Morgan fingerprint density at radius 3 is 1.97 bits per heavy atom. The van der Waals surface area contributed by atoms with E-state index < -0.39 is 8.00 Å². The molecule has 0 aliphatic rings. The van der Waals surface area contributed by atoms with Crippen LogP contribution in [0.1, 0.15) is 25.0 Å². The third-order valence-corrected chi connectivity index (χ3v) is 5.62. The number of para-hydroxylation sites is 1. The van der Waals surface area contributed by atoms with Gasteiger partial charge in [-0.25, -0.2) is 0 Å². The molecule has 0 aliphatic heterocycles. The zero-order valence-electron chi connectivity index (χ0n) is 16.8. The van der Waals surface area contributed by atoms with Crippen molar-refractivity contribution in [2.45, 2.75) is 20.5 Å². The number of ether oxygens (including phenoxy) is 1. The predicted octanol–water partition coefficient (Wildman–Crippen LogP) is 7.14. The fourth-order valence-corrected chi connectivity index (χ4v) is 3.83. The van der Waals surface area contributed by atoms with Crippen molar-refractivity contribution in [2.75, 3.05) is 0 Å². The largest absolute Gasteiger partial charge is 0.528 e. The van der Waals surface area contributed by atoms with Crippen molar-refractivity contribution < 1.29 is 13.8 Å². The highest BCUT2D eigenvalue weighted by Crippen LogP contribution is 2.33. The third-order valence-electron chi connectivity index (χ3n) is 4.00. The fraction of sp³-hybridized carbons (Fsp3) is 0.160. The van der Waals surface area contributed by atoms with E-state index in [1.165, 1.54) is 0 Å². The van der Waals surface area contributed by atoms with E-state index >= 15 is 0 Å². The first-order valence-corrected chi connectivity index (χ1v) is 10.9. The van der Waals surface area contributed by atoms with E-state index in [0.29, 0.717) is 12.5 Å². The topological polar surface area (TPSA) is 27.7 Å². The van der Waals surface area contributed by atoms with E-state index in [2.05, 4.69) is 26.2 Å². The first-order chi connectivity index (χ1) is 14.1. The molecule has 0 aliphatic carbocycles. The molecule has 1 atom stereocenters. The molecule has 0 N–H and O–H groups in total. The Bertz CT molecular complexity index is 930. The van der Waals surface area contributed by atoms with Crippen molar-refractivity contribution in [1.29, 1.82) is 0 Å². The van der Waals surface area contributed by atoms with Crippen LogP contribution in [0.15, 0.2) is 85.4 Å². The van der Waals surface area contributed by atoms with Crippen LogP contribution >= 0.6 is 8.00 Å². The van der Waals surface area contributed by atoms with Crippen LogP contribution in [0.25, 0.3) is 6.08 Å². The van der Waals surface area contributed by atoms with E-state index in [1.807, 2.05) is 84.9 Å². The summed E-state index contributed by atoms with van der Waals surface area (Å²) in [5, 5.41) is 0. The number of hydrogen-bond acceptors (Lipinski definition) is 3. The first kappa shape index (κ1) is 20.7. The lowest BCUT2D eigenvalue weighted by Crippen LogP contribution is -1.97. The zero-order valence-corrected chi connectivity index (χ0v) is 17.7. The maximum absolute atomic E-state index is 6.09. The van der Waals surface area contributed by atoms with Gasteiger partial charge in [-0.05, 0) is 47.5 Å². The van der Waals surface area contributed by atoms with Gasteiger partial charge in [-0.1, -0.05) is 69.0 Å². The van der Waals surface area contributed by atoms with Crippen LogP contribution in [0.4, 0.5) is 0 Å². The molecule has 0 spiro atoms. The Morgan fingerprint density at radius 1 is 0.793 bits per heavy atom. The highest BCUT2D eigenvalue weighted by Gasteiger charge is 2.19. The second-order valence-corrected chi connectivity index (χ2v) is 8.11. The third kappa shape index (κ3) is 6.81. The molecule has 3 rings (SSSR count). The SMILES string of the molecule is C=Cc1ccc(COc2ccc(O[P+](=CC(C)C)Oc3ccccc3)cc2)cc1. The highest BCUT2D eigenvalue weighted by atomic mass is 31.1. The molecule has 3 nitrogen and oxygen atoms in total. The standard InChI is InChI=1S/C25H26O3P/c1-4-21-10-12-22(13-11-21)18-26-23-14-16-25(17-15-23)28-29(19-20(2)3)27-24-8-6-5-7-9-24/h4-17,19-20H,1,18H2,2-3H3/q+1. The first-order valence-electron chi connectivity index (χ1n) is 9.62. The normalized spacial score (nSPS) is 11.2. The van der Waals surface area contributed by atoms with E-state index in [-0.39, 0.29) is 0 Å². The van der Waals surface area contributed by atoms with Gasteiger partial charge in [0.1, 0.15) is 12.4 Å². The highest BCUT2D eigenvalue weighted by molar-refractivity contribution is 7.48. The summed E-state index contributed by atoms with van der Waals surface area (Å²) in [6.45, 7) is 8.52. The predicted molar refractivity (Wildman–Crippen MR) is 123 cm³/mol. The minimum absolute atomic E-state index is 0.361. The summed E-state index contributed by atoms with van der Waals surface area (Å²) in [4.78, 5) is 0. The summed E-state index contributed by atoms with van der Waals surface area (Å²) >= 11 is 0. The van der Waals surface area contributed by atoms with Gasteiger partial charge in [-0.2, -0.15) is 0 Å². The van der Waals surface area contributed by atoms with Crippen LogP contribution in [0, 0.1) is 5.92 Å².